The summed E-state index contributed by atoms with van der Waals surface area (Å²) in [5.41, 5.74) is 0.749. The van der Waals surface area contributed by atoms with Gasteiger partial charge in [-0.3, -0.25) is 0 Å². The van der Waals surface area contributed by atoms with Crippen molar-refractivity contribution in [3.8, 4) is 0 Å². The maximum Gasteiger partial charge on any atom is 0.249 e. The molecule has 0 amide bonds. The second-order valence-electron chi connectivity index (χ2n) is 3.44. The van der Waals surface area contributed by atoms with Crippen molar-refractivity contribution in [1.29, 1.82) is 0 Å². The molecule has 0 aromatic carbocycles. The lowest BCUT2D eigenvalue weighted by Crippen LogP contribution is -2.33. The molecule has 78 valence electrons. The topological polar surface area (TPSA) is 12.0 Å². The number of alkyl halides is 2. The molecule has 0 heterocycles. The highest BCUT2D eigenvalue weighted by Crippen LogP contribution is 2.25. The van der Waals surface area contributed by atoms with Gasteiger partial charge in [0.15, 0.2) is 0 Å². The summed E-state index contributed by atoms with van der Waals surface area (Å²) in [6.07, 6.45) is 0.497. The molecule has 0 aromatic rings. The average Bonchev–Trinajstić information content (AvgIpc) is 2.02. The summed E-state index contributed by atoms with van der Waals surface area (Å²) in [7, 11) is 0. The molecule has 0 fully saturated rings. The van der Waals surface area contributed by atoms with Crippen LogP contribution in [0.5, 0.6) is 0 Å². The molecule has 0 aromatic heterocycles. The van der Waals surface area contributed by atoms with Gasteiger partial charge in [-0.1, -0.05) is 20.4 Å². The first-order valence-corrected chi connectivity index (χ1v) is 4.71. The van der Waals surface area contributed by atoms with Gasteiger partial charge in [-0.25, -0.2) is 8.78 Å². The molecule has 1 unspecified atom stereocenters. The third kappa shape index (κ3) is 5.61. The summed E-state index contributed by atoms with van der Waals surface area (Å²) in [5.74, 6) is -2.55. The zero-order valence-corrected chi connectivity index (χ0v) is 8.66. The Balaban J connectivity index is 4.04. The van der Waals surface area contributed by atoms with Crippen molar-refractivity contribution in [2.24, 2.45) is 0 Å². The first kappa shape index (κ1) is 12.4. The van der Waals surface area contributed by atoms with E-state index in [0.717, 1.165) is 5.70 Å². The second-order valence-corrected chi connectivity index (χ2v) is 3.44. The fourth-order valence-corrected chi connectivity index (χ4v) is 1.15. The minimum Gasteiger partial charge on any atom is -0.386 e. The number of rotatable bonds is 6. The maximum absolute atomic E-state index is 13.0. The molecule has 3 heteroatoms. The number of nitrogens with one attached hydrogen (secondary N) is 1. The Morgan fingerprint density at radius 2 is 2.00 bits per heavy atom. The van der Waals surface area contributed by atoms with Crippen molar-refractivity contribution >= 4 is 0 Å². The normalized spacial score (nSPS) is 13.9. The quantitative estimate of drug-likeness (QED) is 0.679. The van der Waals surface area contributed by atoms with Gasteiger partial charge in [0, 0.05) is 24.6 Å². The van der Waals surface area contributed by atoms with E-state index in [-0.39, 0.29) is 18.9 Å². The Labute approximate surface area is 79.2 Å². The van der Waals surface area contributed by atoms with Gasteiger partial charge in [0.25, 0.3) is 0 Å². The van der Waals surface area contributed by atoms with Crippen molar-refractivity contribution in [2.45, 2.75) is 52.0 Å². The number of hydrogen-bond donors (Lipinski definition) is 1. The van der Waals surface area contributed by atoms with Crippen LogP contribution < -0.4 is 5.32 Å². The summed E-state index contributed by atoms with van der Waals surface area (Å²) >= 11 is 0. The lowest BCUT2D eigenvalue weighted by molar-refractivity contribution is -0.0200. The maximum atomic E-state index is 13.0. The number of hydrogen-bond acceptors (Lipinski definition) is 1. The minimum atomic E-state index is -2.55. The molecule has 0 aliphatic rings. The third-order valence-electron chi connectivity index (χ3n) is 2.01. The minimum absolute atomic E-state index is 0.0959. The zero-order chi connectivity index (χ0) is 10.5. The third-order valence-corrected chi connectivity index (χ3v) is 2.01. The molecule has 0 aliphatic heterocycles. The van der Waals surface area contributed by atoms with E-state index in [1.54, 1.807) is 6.92 Å². The van der Waals surface area contributed by atoms with Crippen LogP contribution in [0.2, 0.25) is 0 Å². The van der Waals surface area contributed by atoms with Gasteiger partial charge in [0.2, 0.25) is 5.92 Å². The van der Waals surface area contributed by atoms with Crippen molar-refractivity contribution in [3.05, 3.63) is 12.3 Å². The largest absolute Gasteiger partial charge is 0.386 e. The molecule has 0 bridgehead atoms. The molecule has 1 N–H and O–H groups in total. The Morgan fingerprint density at radius 1 is 1.46 bits per heavy atom. The van der Waals surface area contributed by atoms with Gasteiger partial charge < -0.3 is 5.32 Å². The fourth-order valence-electron chi connectivity index (χ4n) is 1.15. The lowest BCUT2D eigenvalue weighted by atomic mass is 10.0. The molecule has 0 rings (SSSR count). The van der Waals surface area contributed by atoms with Gasteiger partial charge >= 0.3 is 0 Å². The second kappa shape index (κ2) is 5.20. The average molecular weight is 191 g/mol. The molecule has 1 nitrogen and oxygen atoms in total. The summed E-state index contributed by atoms with van der Waals surface area (Å²) in [6, 6.07) is -0.160. The molecule has 0 aliphatic carbocycles. The summed E-state index contributed by atoms with van der Waals surface area (Å²) in [6.45, 7) is 8.83. The van der Waals surface area contributed by atoms with E-state index < -0.39 is 5.92 Å². The van der Waals surface area contributed by atoms with Gasteiger partial charge in [-0.15, -0.1) is 0 Å². The Hall–Kier alpha value is -0.600. The smallest absolute Gasteiger partial charge is 0.249 e. The molecule has 0 saturated carbocycles. The summed E-state index contributed by atoms with van der Waals surface area (Å²) in [4.78, 5) is 0. The molecular weight excluding hydrogens is 172 g/mol. The van der Waals surface area contributed by atoms with Crippen LogP contribution in [-0.4, -0.2) is 12.0 Å². The highest BCUT2D eigenvalue weighted by Gasteiger charge is 2.29. The van der Waals surface area contributed by atoms with Gasteiger partial charge in [-0.05, 0) is 13.3 Å². The predicted octanol–water partition coefficient (Wildman–Crippen LogP) is 3.32. The molecular formula is C10H19F2N. The number of allylic oxidation sites excluding steroid dienone is 1. The van der Waals surface area contributed by atoms with Crippen LogP contribution >= 0.6 is 0 Å². The molecule has 0 saturated heterocycles. The van der Waals surface area contributed by atoms with Gasteiger partial charge in [0.1, 0.15) is 0 Å². The van der Waals surface area contributed by atoms with Crippen LogP contribution in [0.1, 0.15) is 40.0 Å². The van der Waals surface area contributed by atoms with Gasteiger partial charge in [0.05, 0.1) is 0 Å². The van der Waals surface area contributed by atoms with Crippen LogP contribution in [0.4, 0.5) is 8.78 Å². The number of halogens is 2. The van der Waals surface area contributed by atoms with Crippen LogP contribution in [0.25, 0.3) is 0 Å². The van der Waals surface area contributed by atoms with E-state index in [4.69, 9.17) is 0 Å². The SMILES string of the molecule is C=C(C)NC(CC)CC(F)(F)CC. The monoisotopic (exact) mass is 191 g/mol. The zero-order valence-electron chi connectivity index (χ0n) is 8.66. The standard InChI is InChI=1S/C10H19F2N/c1-5-9(13-8(3)4)7-10(11,12)6-2/h9,13H,3,5-7H2,1-2,4H3. The van der Waals surface area contributed by atoms with Crippen LogP contribution in [0, 0.1) is 0 Å². The first-order chi connectivity index (χ1) is 5.91. The Bertz CT molecular complexity index is 166. The molecule has 13 heavy (non-hydrogen) atoms. The van der Waals surface area contributed by atoms with Gasteiger partial charge in [-0.2, -0.15) is 0 Å². The highest BCUT2D eigenvalue weighted by molar-refractivity contribution is 4.89. The van der Waals surface area contributed by atoms with Crippen molar-refractivity contribution in [3.63, 3.8) is 0 Å². The van der Waals surface area contributed by atoms with Crippen LogP contribution in [0.15, 0.2) is 12.3 Å². The van der Waals surface area contributed by atoms with E-state index in [9.17, 15) is 8.78 Å². The first-order valence-electron chi connectivity index (χ1n) is 4.71. The Kier molecular flexibility index (Phi) is 4.96. The van der Waals surface area contributed by atoms with Crippen molar-refractivity contribution < 1.29 is 8.78 Å². The molecule has 1 atom stereocenters. The predicted molar refractivity (Wildman–Crippen MR) is 51.9 cm³/mol. The van der Waals surface area contributed by atoms with Crippen molar-refractivity contribution in [2.75, 3.05) is 0 Å². The van der Waals surface area contributed by atoms with Crippen LogP contribution in [0.3, 0.4) is 0 Å². The van der Waals surface area contributed by atoms with Crippen LogP contribution in [-0.2, 0) is 0 Å². The summed E-state index contributed by atoms with van der Waals surface area (Å²) in [5, 5.41) is 2.95. The van der Waals surface area contributed by atoms with E-state index >= 15 is 0 Å². The lowest BCUT2D eigenvalue weighted by Gasteiger charge is -2.23. The molecule has 0 spiro atoms. The van der Waals surface area contributed by atoms with E-state index in [0.29, 0.717) is 6.42 Å². The fraction of sp³-hybridized carbons (Fsp3) is 0.800. The Morgan fingerprint density at radius 3 is 2.31 bits per heavy atom. The van der Waals surface area contributed by atoms with E-state index in [2.05, 4.69) is 11.9 Å². The highest BCUT2D eigenvalue weighted by atomic mass is 19.3. The molecule has 0 radical (unpaired) electrons. The van der Waals surface area contributed by atoms with E-state index in [1.165, 1.54) is 6.92 Å². The van der Waals surface area contributed by atoms with Crippen molar-refractivity contribution in [1.82, 2.24) is 5.32 Å². The van der Waals surface area contributed by atoms with E-state index in [1.807, 2.05) is 6.92 Å². The summed E-state index contributed by atoms with van der Waals surface area (Å²) < 4.78 is 25.9.